The van der Waals surface area contributed by atoms with Gasteiger partial charge in [-0.05, 0) is 47.5 Å². The van der Waals surface area contributed by atoms with E-state index >= 15 is 0 Å². The van der Waals surface area contributed by atoms with Crippen LogP contribution in [0, 0.1) is 0 Å². The summed E-state index contributed by atoms with van der Waals surface area (Å²) in [7, 11) is 0. The normalized spacial score (nSPS) is 10.6. The number of anilines is 2. The third-order valence-electron chi connectivity index (χ3n) is 4.78. The van der Waals surface area contributed by atoms with E-state index in [1.807, 2.05) is 48.5 Å². The highest BCUT2D eigenvalue weighted by Crippen LogP contribution is 2.34. The molecule has 0 fully saturated rings. The first kappa shape index (κ1) is 20.0. The Morgan fingerprint density at radius 3 is 1.42 bits per heavy atom. The summed E-state index contributed by atoms with van der Waals surface area (Å²) in [6.45, 7) is 0. The lowest BCUT2D eigenvalue weighted by Crippen LogP contribution is -1.97. The van der Waals surface area contributed by atoms with Crippen LogP contribution in [-0.4, -0.2) is 10.2 Å². The SMILES string of the molecule is Nc1cc(Oc2ccccc2Cc2ccccc2Oc2ccc(O)c(N)c2)ccc1O. The lowest BCUT2D eigenvalue weighted by Gasteiger charge is -2.15. The predicted octanol–water partition coefficient (Wildman–Crippen LogP) is 5.44. The first-order valence-electron chi connectivity index (χ1n) is 9.68. The number of rotatable bonds is 6. The molecule has 0 spiro atoms. The Kier molecular flexibility index (Phi) is 5.53. The molecule has 4 rings (SSSR count). The van der Waals surface area contributed by atoms with Gasteiger partial charge >= 0.3 is 0 Å². The van der Waals surface area contributed by atoms with E-state index in [1.165, 1.54) is 12.1 Å². The van der Waals surface area contributed by atoms with Gasteiger partial charge < -0.3 is 31.2 Å². The zero-order chi connectivity index (χ0) is 21.8. The lowest BCUT2D eigenvalue weighted by molar-refractivity contribution is 0.461. The van der Waals surface area contributed by atoms with Crippen molar-refractivity contribution in [3.05, 3.63) is 96.1 Å². The fourth-order valence-electron chi connectivity index (χ4n) is 3.15. The molecular formula is C25H22N2O4. The molecule has 0 amide bonds. The van der Waals surface area contributed by atoms with Crippen molar-refractivity contribution in [1.82, 2.24) is 0 Å². The summed E-state index contributed by atoms with van der Waals surface area (Å²) in [5.74, 6) is 2.45. The number of hydrogen-bond donors (Lipinski definition) is 4. The minimum atomic E-state index is 0.0154. The molecule has 6 N–H and O–H groups in total. The highest BCUT2D eigenvalue weighted by Gasteiger charge is 2.11. The van der Waals surface area contributed by atoms with Crippen LogP contribution in [0.2, 0.25) is 0 Å². The molecule has 6 nitrogen and oxygen atoms in total. The molecule has 0 unspecified atom stereocenters. The molecule has 0 aliphatic heterocycles. The van der Waals surface area contributed by atoms with Crippen LogP contribution in [0.5, 0.6) is 34.5 Å². The Hall–Kier alpha value is -4.32. The number of nitrogen functional groups attached to an aromatic ring is 2. The smallest absolute Gasteiger partial charge is 0.138 e. The van der Waals surface area contributed by atoms with Gasteiger partial charge in [-0.15, -0.1) is 0 Å². The molecule has 4 aromatic rings. The summed E-state index contributed by atoms with van der Waals surface area (Å²) < 4.78 is 12.1. The van der Waals surface area contributed by atoms with Crippen molar-refractivity contribution in [2.24, 2.45) is 0 Å². The number of phenols is 2. The third-order valence-corrected chi connectivity index (χ3v) is 4.78. The molecule has 0 aromatic heterocycles. The maximum absolute atomic E-state index is 9.63. The number of ether oxygens (including phenoxy) is 2. The van der Waals surface area contributed by atoms with Crippen molar-refractivity contribution in [2.45, 2.75) is 6.42 Å². The van der Waals surface area contributed by atoms with Crippen LogP contribution in [0.15, 0.2) is 84.9 Å². The van der Waals surface area contributed by atoms with Crippen LogP contribution in [0.25, 0.3) is 0 Å². The van der Waals surface area contributed by atoms with Gasteiger partial charge in [-0.3, -0.25) is 0 Å². The van der Waals surface area contributed by atoms with E-state index in [-0.39, 0.29) is 22.9 Å². The van der Waals surface area contributed by atoms with Crippen molar-refractivity contribution < 1.29 is 19.7 Å². The van der Waals surface area contributed by atoms with Gasteiger partial charge in [-0.2, -0.15) is 0 Å². The Labute approximate surface area is 179 Å². The second-order valence-corrected chi connectivity index (χ2v) is 7.04. The molecule has 0 bridgehead atoms. The van der Waals surface area contributed by atoms with Gasteiger partial charge in [-0.25, -0.2) is 0 Å². The fourth-order valence-corrected chi connectivity index (χ4v) is 3.15. The minimum absolute atomic E-state index is 0.0154. The van der Waals surface area contributed by atoms with Crippen molar-refractivity contribution >= 4 is 11.4 Å². The van der Waals surface area contributed by atoms with Crippen molar-refractivity contribution in [2.75, 3.05) is 11.5 Å². The summed E-state index contributed by atoms with van der Waals surface area (Å²) in [6.07, 6.45) is 0.563. The Bertz CT molecular complexity index is 1130. The molecule has 0 heterocycles. The third kappa shape index (κ3) is 4.64. The molecule has 0 saturated carbocycles. The van der Waals surface area contributed by atoms with E-state index in [9.17, 15) is 10.2 Å². The van der Waals surface area contributed by atoms with Gasteiger partial charge in [0.25, 0.3) is 0 Å². The summed E-state index contributed by atoms with van der Waals surface area (Å²) >= 11 is 0. The standard InChI is InChI=1S/C25H22N2O4/c26-20-14-18(9-11-22(20)28)30-24-7-3-1-5-16(24)13-17-6-2-4-8-25(17)31-19-10-12-23(29)21(27)15-19/h1-12,14-15,28-29H,13,26-27H2. The molecular weight excluding hydrogens is 392 g/mol. The monoisotopic (exact) mass is 414 g/mol. The Morgan fingerprint density at radius 1 is 0.581 bits per heavy atom. The zero-order valence-electron chi connectivity index (χ0n) is 16.7. The molecule has 0 saturated heterocycles. The molecule has 156 valence electrons. The average Bonchev–Trinajstić information content (AvgIpc) is 2.76. The van der Waals surface area contributed by atoms with Crippen molar-refractivity contribution in [1.29, 1.82) is 0 Å². The first-order valence-corrected chi connectivity index (χ1v) is 9.68. The van der Waals surface area contributed by atoms with Gasteiger partial charge in [0.1, 0.15) is 34.5 Å². The first-order chi connectivity index (χ1) is 15.0. The topological polar surface area (TPSA) is 111 Å². The lowest BCUT2D eigenvalue weighted by atomic mass is 10.0. The van der Waals surface area contributed by atoms with Crippen molar-refractivity contribution in [3.8, 4) is 34.5 Å². The highest BCUT2D eigenvalue weighted by molar-refractivity contribution is 5.57. The van der Waals surface area contributed by atoms with E-state index in [4.69, 9.17) is 20.9 Å². The summed E-state index contributed by atoms with van der Waals surface area (Å²) in [6, 6.07) is 24.9. The van der Waals surface area contributed by atoms with Gasteiger partial charge in [-0.1, -0.05) is 36.4 Å². The van der Waals surface area contributed by atoms with Crippen LogP contribution in [0.3, 0.4) is 0 Å². The Morgan fingerprint density at radius 2 is 1.00 bits per heavy atom. The molecule has 0 aliphatic carbocycles. The molecule has 0 aliphatic rings. The number of nitrogens with two attached hydrogens (primary N) is 2. The summed E-state index contributed by atoms with van der Waals surface area (Å²) in [5.41, 5.74) is 14.0. The molecule has 6 heteroatoms. The van der Waals surface area contributed by atoms with E-state index in [0.717, 1.165) is 11.1 Å². The van der Waals surface area contributed by atoms with Crippen LogP contribution in [0.1, 0.15) is 11.1 Å². The summed E-state index contributed by atoms with van der Waals surface area (Å²) in [5, 5.41) is 19.3. The molecule has 4 aromatic carbocycles. The van der Waals surface area contributed by atoms with E-state index in [0.29, 0.717) is 29.4 Å². The number of phenolic OH excluding ortho intramolecular Hbond substituents is 2. The molecule has 31 heavy (non-hydrogen) atoms. The average molecular weight is 414 g/mol. The van der Waals surface area contributed by atoms with Gasteiger partial charge in [0, 0.05) is 18.6 Å². The number of hydrogen-bond acceptors (Lipinski definition) is 6. The maximum atomic E-state index is 9.63. The zero-order valence-corrected chi connectivity index (χ0v) is 16.7. The minimum Gasteiger partial charge on any atom is -0.506 e. The summed E-state index contributed by atoms with van der Waals surface area (Å²) in [4.78, 5) is 0. The van der Waals surface area contributed by atoms with Crippen LogP contribution in [0.4, 0.5) is 11.4 Å². The maximum Gasteiger partial charge on any atom is 0.138 e. The van der Waals surface area contributed by atoms with Gasteiger partial charge in [0.15, 0.2) is 0 Å². The van der Waals surface area contributed by atoms with Crippen molar-refractivity contribution in [3.63, 3.8) is 0 Å². The van der Waals surface area contributed by atoms with Gasteiger partial charge in [0.2, 0.25) is 0 Å². The van der Waals surface area contributed by atoms with Gasteiger partial charge in [0.05, 0.1) is 11.4 Å². The fraction of sp³-hybridized carbons (Fsp3) is 0.0400. The van der Waals surface area contributed by atoms with E-state index < -0.39 is 0 Å². The second kappa shape index (κ2) is 8.59. The number of benzene rings is 4. The molecule has 0 atom stereocenters. The molecule has 0 radical (unpaired) electrons. The number of para-hydroxylation sites is 2. The van der Waals surface area contributed by atoms with Crippen LogP contribution in [-0.2, 0) is 6.42 Å². The predicted molar refractivity (Wildman–Crippen MR) is 121 cm³/mol. The second-order valence-electron chi connectivity index (χ2n) is 7.04. The van der Waals surface area contributed by atoms with E-state index in [2.05, 4.69) is 0 Å². The Balaban J connectivity index is 1.60. The van der Waals surface area contributed by atoms with Crippen LogP contribution >= 0.6 is 0 Å². The number of aromatic hydroxyl groups is 2. The van der Waals surface area contributed by atoms with E-state index in [1.54, 1.807) is 24.3 Å². The largest absolute Gasteiger partial charge is 0.506 e. The quantitative estimate of drug-likeness (QED) is 0.247. The van der Waals surface area contributed by atoms with Crippen LogP contribution < -0.4 is 20.9 Å². The highest BCUT2D eigenvalue weighted by atomic mass is 16.5.